The smallest absolute Gasteiger partial charge is 0.0814 e. The third kappa shape index (κ3) is 3.24. The van der Waals surface area contributed by atoms with Crippen LogP contribution in [0.3, 0.4) is 0 Å². The molecule has 0 fully saturated rings. The van der Waals surface area contributed by atoms with Crippen LogP contribution >= 0.6 is 0 Å². The molecule has 0 amide bonds. The summed E-state index contributed by atoms with van der Waals surface area (Å²) in [7, 11) is 0. The second-order valence-corrected chi connectivity index (χ2v) is 4.60. The van der Waals surface area contributed by atoms with Gasteiger partial charge >= 0.3 is 0 Å². The molecule has 0 atom stereocenters. The quantitative estimate of drug-likeness (QED) is 0.800. The highest BCUT2D eigenvalue weighted by molar-refractivity contribution is 5.52. The summed E-state index contributed by atoms with van der Waals surface area (Å²) in [6, 6.07) is 6.34. The van der Waals surface area contributed by atoms with Crippen LogP contribution in [0.15, 0.2) is 18.2 Å². The van der Waals surface area contributed by atoms with Gasteiger partial charge in [0.25, 0.3) is 0 Å². The molecule has 0 spiro atoms. The van der Waals surface area contributed by atoms with Gasteiger partial charge in [-0.25, -0.2) is 0 Å². The van der Waals surface area contributed by atoms with Crippen molar-refractivity contribution >= 4 is 5.69 Å². The Balaban J connectivity index is 2.70. The third-order valence-electron chi connectivity index (χ3n) is 3.32. The first-order chi connectivity index (χ1) is 7.50. The maximum absolute atomic E-state index is 10.2. The first-order valence-corrected chi connectivity index (χ1v) is 6.04. The van der Waals surface area contributed by atoms with Gasteiger partial charge in [-0.3, -0.25) is 0 Å². The average molecular weight is 221 g/mol. The Morgan fingerprint density at radius 2 is 1.81 bits per heavy atom. The largest absolute Gasteiger partial charge is 0.388 e. The Hall–Kier alpha value is -1.02. The van der Waals surface area contributed by atoms with E-state index in [4.69, 9.17) is 0 Å². The molecular weight excluding hydrogens is 198 g/mol. The van der Waals surface area contributed by atoms with Crippen LogP contribution in [0.4, 0.5) is 5.69 Å². The van der Waals surface area contributed by atoms with Gasteiger partial charge in [-0.05, 0) is 43.9 Å². The molecule has 16 heavy (non-hydrogen) atoms. The van der Waals surface area contributed by atoms with E-state index in [2.05, 4.69) is 37.4 Å². The van der Waals surface area contributed by atoms with Gasteiger partial charge in [0.15, 0.2) is 0 Å². The molecule has 0 aliphatic rings. The highest BCUT2D eigenvalue weighted by atomic mass is 16.3. The van der Waals surface area contributed by atoms with Gasteiger partial charge in [-0.15, -0.1) is 0 Å². The van der Waals surface area contributed by atoms with E-state index in [1.165, 1.54) is 11.1 Å². The van der Waals surface area contributed by atoms with E-state index >= 15 is 0 Å². The first-order valence-electron chi connectivity index (χ1n) is 6.04. The Morgan fingerprint density at radius 1 is 1.19 bits per heavy atom. The fraction of sp³-hybridized carbons (Fsp3) is 0.571. The zero-order valence-corrected chi connectivity index (χ0v) is 10.8. The Bertz CT molecular complexity index is 343. The molecule has 2 heteroatoms. The SMILES string of the molecule is CCC(O)(CC)CNc1cc(C)ccc1C. The zero-order valence-electron chi connectivity index (χ0n) is 10.8. The molecule has 0 aromatic heterocycles. The maximum Gasteiger partial charge on any atom is 0.0814 e. The van der Waals surface area contributed by atoms with E-state index in [9.17, 15) is 5.11 Å². The minimum atomic E-state index is -0.587. The van der Waals surface area contributed by atoms with Crippen molar-refractivity contribution in [1.82, 2.24) is 0 Å². The number of aliphatic hydroxyl groups is 1. The lowest BCUT2D eigenvalue weighted by atomic mass is 9.97. The summed E-state index contributed by atoms with van der Waals surface area (Å²) in [5.74, 6) is 0. The Morgan fingerprint density at radius 3 is 2.38 bits per heavy atom. The van der Waals surface area contributed by atoms with Crippen LogP contribution in [0.1, 0.15) is 37.8 Å². The van der Waals surface area contributed by atoms with Crippen molar-refractivity contribution in [2.24, 2.45) is 0 Å². The second-order valence-electron chi connectivity index (χ2n) is 4.60. The van der Waals surface area contributed by atoms with E-state index in [0.717, 1.165) is 18.5 Å². The Labute approximate surface area is 98.7 Å². The van der Waals surface area contributed by atoms with Crippen LogP contribution in [0.5, 0.6) is 0 Å². The summed E-state index contributed by atoms with van der Waals surface area (Å²) in [6.07, 6.45) is 1.56. The lowest BCUT2D eigenvalue weighted by molar-refractivity contribution is 0.0457. The van der Waals surface area contributed by atoms with Gasteiger partial charge in [-0.1, -0.05) is 26.0 Å². The van der Waals surface area contributed by atoms with Crippen LogP contribution in [-0.2, 0) is 0 Å². The highest BCUT2D eigenvalue weighted by Gasteiger charge is 2.21. The molecule has 2 nitrogen and oxygen atoms in total. The van der Waals surface area contributed by atoms with Crippen molar-refractivity contribution in [2.45, 2.75) is 46.1 Å². The topological polar surface area (TPSA) is 32.3 Å². The first kappa shape index (κ1) is 13.0. The number of benzene rings is 1. The summed E-state index contributed by atoms with van der Waals surface area (Å²) < 4.78 is 0. The molecule has 0 heterocycles. The standard InChI is InChI=1S/C14H23NO/c1-5-14(16,6-2)10-15-13-9-11(3)7-8-12(13)4/h7-9,15-16H,5-6,10H2,1-4H3. The number of nitrogens with one attached hydrogen (secondary N) is 1. The lowest BCUT2D eigenvalue weighted by Gasteiger charge is -2.26. The molecule has 0 aliphatic carbocycles. The van der Waals surface area contributed by atoms with Crippen LogP contribution in [0.2, 0.25) is 0 Å². The van der Waals surface area contributed by atoms with E-state index in [1.54, 1.807) is 0 Å². The van der Waals surface area contributed by atoms with Gasteiger partial charge in [0.1, 0.15) is 0 Å². The molecule has 0 saturated heterocycles. The molecular formula is C14H23NO. The van der Waals surface area contributed by atoms with Gasteiger partial charge < -0.3 is 10.4 Å². The van der Waals surface area contributed by atoms with Gasteiger partial charge in [0.2, 0.25) is 0 Å². The summed E-state index contributed by atoms with van der Waals surface area (Å²) in [5, 5.41) is 13.5. The molecule has 1 aromatic carbocycles. The molecule has 2 N–H and O–H groups in total. The van der Waals surface area contributed by atoms with Crippen molar-refractivity contribution in [2.75, 3.05) is 11.9 Å². The Kier molecular flexibility index (Phi) is 4.36. The van der Waals surface area contributed by atoms with Crippen molar-refractivity contribution < 1.29 is 5.11 Å². The fourth-order valence-corrected chi connectivity index (χ4v) is 1.69. The summed E-state index contributed by atoms with van der Waals surface area (Å²) >= 11 is 0. The molecule has 1 aromatic rings. The summed E-state index contributed by atoms with van der Waals surface area (Å²) in [6.45, 7) is 8.82. The van der Waals surface area contributed by atoms with Crippen LogP contribution in [0.25, 0.3) is 0 Å². The third-order valence-corrected chi connectivity index (χ3v) is 3.32. The number of aryl methyl sites for hydroxylation is 2. The maximum atomic E-state index is 10.2. The molecule has 90 valence electrons. The predicted molar refractivity (Wildman–Crippen MR) is 69.9 cm³/mol. The lowest BCUT2D eigenvalue weighted by Crippen LogP contribution is -2.35. The molecule has 1 rings (SSSR count). The van der Waals surface area contributed by atoms with Gasteiger partial charge in [-0.2, -0.15) is 0 Å². The molecule has 0 bridgehead atoms. The minimum absolute atomic E-state index is 0.587. The molecule has 0 radical (unpaired) electrons. The fourth-order valence-electron chi connectivity index (χ4n) is 1.69. The number of hydrogen-bond donors (Lipinski definition) is 2. The average Bonchev–Trinajstić information content (AvgIpc) is 2.30. The normalized spacial score (nSPS) is 11.6. The van der Waals surface area contributed by atoms with E-state index in [0.29, 0.717) is 6.54 Å². The molecule has 0 saturated carbocycles. The van der Waals surface area contributed by atoms with Crippen LogP contribution in [0, 0.1) is 13.8 Å². The number of anilines is 1. The zero-order chi connectivity index (χ0) is 12.2. The van der Waals surface area contributed by atoms with Crippen molar-refractivity contribution in [3.05, 3.63) is 29.3 Å². The van der Waals surface area contributed by atoms with Gasteiger partial charge in [0, 0.05) is 12.2 Å². The van der Waals surface area contributed by atoms with E-state index in [1.807, 2.05) is 13.8 Å². The van der Waals surface area contributed by atoms with Crippen molar-refractivity contribution in [1.29, 1.82) is 0 Å². The highest BCUT2D eigenvalue weighted by Crippen LogP contribution is 2.20. The van der Waals surface area contributed by atoms with E-state index < -0.39 is 5.60 Å². The molecule has 0 unspecified atom stereocenters. The van der Waals surface area contributed by atoms with Crippen molar-refractivity contribution in [3.63, 3.8) is 0 Å². The minimum Gasteiger partial charge on any atom is -0.388 e. The summed E-state index contributed by atoms with van der Waals surface area (Å²) in [4.78, 5) is 0. The van der Waals surface area contributed by atoms with Crippen LogP contribution in [-0.4, -0.2) is 17.3 Å². The van der Waals surface area contributed by atoms with E-state index in [-0.39, 0.29) is 0 Å². The van der Waals surface area contributed by atoms with Crippen molar-refractivity contribution in [3.8, 4) is 0 Å². The van der Waals surface area contributed by atoms with Crippen LogP contribution < -0.4 is 5.32 Å². The summed E-state index contributed by atoms with van der Waals surface area (Å²) in [5.41, 5.74) is 3.00. The number of rotatable bonds is 5. The molecule has 0 aliphatic heterocycles. The second kappa shape index (κ2) is 5.35. The predicted octanol–water partition coefficient (Wildman–Crippen LogP) is 3.27. The number of hydrogen-bond acceptors (Lipinski definition) is 2. The van der Waals surface area contributed by atoms with Gasteiger partial charge in [0.05, 0.1) is 5.60 Å². The monoisotopic (exact) mass is 221 g/mol.